The zero-order valence-corrected chi connectivity index (χ0v) is 26.9. The number of carbonyl (C=O) groups excluding carboxylic acids is 1. The Labute approximate surface area is 256 Å². The van der Waals surface area contributed by atoms with Crippen LogP contribution in [0.4, 0.5) is 0 Å². The second kappa shape index (κ2) is 22.5. The fourth-order valence-corrected chi connectivity index (χ4v) is 6.42. The third-order valence-corrected chi connectivity index (χ3v) is 9.11. The predicted molar refractivity (Wildman–Crippen MR) is 168 cm³/mol. The molecular weight excluding hydrogens is 532 g/mol. The van der Waals surface area contributed by atoms with E-state index in [0.717, 1.165) is 70.6 Å². The average Bonchev–Trinajstić information content (AvgIpc) is 3.58. The zero-order valence-electron chi connectivity index (χ0n) is 26.9. The molecule has 0 amide bonds. The van der Waals surface area contributed by atoms with E-state index in [1.807, 2.05) is 6.92 Å². The van der Waals surface area contributed by atoms with E-state index in [1.165, 1.54) is 57.8 Å². The second-order valence-electron chi connectivity index (χ2n) is 13.1. The number of esters is 1. The normalized spacial score (nSPS) is 23.5. The number of hydrogen-bond acceptors (Lipinski definition) is 7. The lowest BCUT2D eigenvalue weighted by molar-refractivity contribution is -0.139. The molecule has 2 aliphatic heterocycles. The number of ether oxygens (including phenoxy) is 2. The lowest BCUT2D eigenvalue weighted by atomic mass is 9.99. The molecule has 1 fully saturated rings. The molecule has 246 valence electrons. The summed E-state index contributed by atoms with van der Waals surface area (Å²) in [6.07, 6.45) is 22.4. The number of carbonyl (C=O) groups is 1. The van der Waals surface area contributed by atoms with Crippen molar-refractivity contribution in [3.05, 3.63) is 11.6 Å². The summed E-state index contributed by atoms with van der Waals surface area (Å²) >= 11 is 0. The fraction of sp³-hybridized carbons (Fsp3) is 0.914. The molecular formula is C35H64O7. The van der Waals surface area contributed by atoms with Crippen molar-refractivity contribution in [1.82, 2.24) is 0 Å². The maximum Gasteiger partial charge on any atom is 0.334 e. The van der Waals surface area contributed by atoms with Gasteiger partial charge in [0.25, 0.3) is 0 Å². The van der Waals surface area contributed by atoms with Gasteiger partial charge in [0.05, 0.1) is 36.6 Å². The van der Waals surface area contributed by atoms with Gasteiger partial charge in [0.1, 0.15) is 6.10 Å². The first-order valence-electron chi connectivity index (χ1n) is 17.6. The van der Waals surface area contributed by atoms with Crippen LogP contribution < -0.4 is 0 Å². The first-order chi connectivity index (χ1) is 20.3. The number of hydrogen-bond donors (Lipinski definition) is 4. The van der Waals surface area contributed by atoms with Gasteiger partial charge in [-0.1, -0.05) is 103 Å². The first kappa shape index (κ1) is 37.2. The summed E-state index contributed by atoms with van der Waals surface area (Å²) in [5.74, 6) is -0.314. The van der Waals surface area contributed by atoms with E-state index in [2.05, 4.69) is 6.92 Å². The van der Waals surface area contributed by atoms with Crippen LogP contribution in [0.15, 0.2) is 11.6 Å². The molecule has 2 rings (SSSR count). The van der Waals surface area contributed by atoms with E-state index in [9.17, 15) is 25.2 Å². The Bertz CT molecular complexity index is 726. The molecule has 0 radical (unpaired) electrons. The lowest BCUT2D eigenvalue weighted by Crippen LogP contribution is -2.31. The summed E-state index contributed by atoms with van der Waals surface area (Å²) in [6, 6.07) is 0. The number of aliphatic hydroxyl groups is 4. The second-order valence-corrected chi connectivity index (χ2v) is 13.1. The Balaban J connectivity index is 1.41. The Morgan fingerprint density at radius 3 is 1.62 bits per heavy atom. The van der Waals surface area contributed by atoms with Crippen LogP contribution in [0.3, 0.4) is 0 Å². The van der Waals surface area contributed by atoms with Crippen molar-refractivity contribution >= 4 is 5.97 Å². The van der Waals surface area contributed by atoms with Crippen LogP contribution in [0.25, 0.3) is 0 Å². The Morgan fingerprint density at radius 1 is 0.667 bits per heavy atom. The van der Waals surface area contributed by atoms with Crippen LogP contribution in [0.5, 0.6) is 0 Å². The average molecular weight is 597 g/mol. The highest BCUT2D eigenvalue weighted by Crippen LogP contribution is 2.28. The highest BCUT2D eigenvalue weighted by atomic mass is 16.5. The summed E-state index contributed by atoms with van der Waals surface area (Å²) in [7, 11) is 0. The Hall–Kier alpha value is -0.990. The van der Waals surface area contributed by atoms with Crippen LogP contribution in [0.2, 0.25) is 0 Å². The summed E-state index contributed by atoms with van der Waals surface area (Å²) < 4.78 is 11.1. The highest BCUT2D eigenvalue weighted by Gasteiger charge is 2.34. The summed E-state index contributed by atoms with van der Waals surface area (Å²) in [4.78, 5) is 11.6. The van der Waals surface area contributed by atoms with E-state index < -0.39 is 18.3 Å². The van der Waals surface area contributed by atoms with Crippen LogP contribution in [0.1, 0.15) is 162 Å². The molecule has 0 bridgehead atoms. The van der Waals surface area contributed by atoms with Crippen molar-refractivity contribution in [2.24, 2.45) is 0 Å². The first-order valence-corrected chi connectivity index (χ1v) is 17.6. The van der Waals surface area contributed by atoms with Gasteiger partial charge in [-0.05, 0) is 57.9 Å². The molecule has 42 heavy (non-hydrogen) atoms. The van der Waals surface area contributed by atoms with Crippen LogP contribution in [-0.4, -0.2) is 69.1 Å². The monoisotopic (exact) mass is 596 g/mol. The van der Waals surface area contributed by atoms with E-state index in [0.29, 0.717) is 24.8 Å². The van der Waals surface area contributed by atoms with Gasteiger partial charge in [-0.2, -0.15) is 0 Å². The Morgan fingerprint density at radius 2 is 1.10 bits per heavy atom. The number of aliphatic hydroxyl groups excluding tert-OH is 4. The van der Waals surface area contributed by atoms with Crippen molar-refractivity contribution in [3.63, 3.8) is 0 Å². The van der Waals surface area contributed by atoms with Crippen LogP contribution in [0, 0.1) is 0 Å². The molecule has 7 atom stereocenters. The minimum absolute atomic E-state index is 0.147. The topological polar surface area (TPSA) is 116 Å². The minimum Gasteiger partial charge on any atom is -0.455 e. The van der Waals surface area contributed by atoms with Gasteiger partial charge in [-0.25, -0.2) is 4.79 Å². The largest absolute Gasteiger partial charge is 0.455 e. The lowest BCUT2D eigenvalue weighted by Gasteiger charge is -2.22. The van der Waals surface area contributed by atoms with Gasteiger partial charge >= 0.3 is 5.97 Å². The van der Waals surface area contributed by atoms with Crippen LogP contribution >= 0.6 is 0 Å². The Kier molecular flexibility index (Phi) is 19.9. The van der Waals surface area contributed by atoms with E-state index in [1.54, 1.807) is 6.08 Å². The van der Waals surface area contributed by atoms with Gasteiger partial charge in [0.2, 0.25) is 0 Å². The van der Waals surface area contributed by atoms with E-state index in [4.69, 9.17) is 9.47 Å². The molecule has 2 heterocycles. The molecule has 2 aliphatic rings. The van der Waals surface area contributed by atoms with Gasteiger partial charge < -0.3 is 29.9 Å². The fourth-order valence-electron chi connectivity index (χ4n) is 6.42. The third-order valence-electron chi connectivity index (χ3n) is 9.11. The number of cyclic esters (lactones) is 1. The molecule has 0 aliphatic carbocycles. The molecule has 0 aromatic heterocycles. The maximum atomic E-state index is 11.6. The molecule has 1 saturated heterocycles. The standard InChI is InChI=1S/C35H64O7/c1-3-4-5-6-7-8-9-10-11-15-21-31(38)33-23-24-34(42-33)32(39)22-17-16-19-29(36)18-13-12-14-20-30(37)26-28-25-27(2)41-35(28)40/h25,27,29-34,36-39H,3-24,26H2,1-2H3/t27-,29+,30+,31+,32+,33-,34+/m0/s1. The highest BCUT2D eigenvalue weighted by molar-refractivity contribution is 5.90. The van der Waals surface area contributed by atoms with Crippen molar-refractivity contribution < 1.29 is 34.7 Å². The SMILES string of the molecule is CCCCCCCCCCCC[C@@H](O)[C@@H]1CC[C@H]([C@H](O)CCCC[C@H](O)CCCCC[C@@H](O)CC2=C[C@H](C)OC2=O)O1. The van der Waals surface area contributed by atoms with E-state index in [-0.39, 0.29) is 30.4 Å². The van der Waals surface area contributed by atoms with Crippen molar-refractivity contribution in [2.45, 2.75) is 204 Å². The third kappa shape index (κ3) is 16.2. The molecule has 0 saturated carbocycles. The predicted octanol–water partition coefficient (Wildman–Crippen LogP) is 7.06. The number of rotatable bonds is 26. The van der Waals surface area contributed by atoms with Gasteiger partial charge in [0, 0.05) is 12.0 Å². The molecule has 0 spiro atoms. The smallest absolute Gasteiger partial charge is 0.334 e. The maximum absolute atomic E-state index is 11.6. The van der Waals surface area contributed by atoms with Crippen molar-refractivity contribution in [2.75, 3.05) is 0 Å². The number of unbranched alkanes of at least 4 members (excludes halogenated alkanes) is 12. The molecule has 7 nitrogen and oxygen atoms in total. The zero-order chi connectivity index (χ0) is 30.6. The van der Waals surface area contributed by atoms with Gasteiger partial charge in [-0.15, -0.1) is 0 Å². The summed E-state index contributed by atoms with van der Waals surface area (Å²) in [5, 5.41) is 41.7. The molecule has 0 unspecified atom stereocenters. The van der Waals surface area contributed by atoms with Gasteiger partial charge in [0.15, 0.2) is 0 Å². The minimum atomic E-state index is -0.530. The van der Waals surface area contributed by atoms with Gasteiger partial charge in [-0.3, -0.25) is 0 Å². The molecule has 0 aromatic carbocycles. The summed E-state index contributed by atoms with van der Waals surface area (Å²) in [5.41, 5.74) is 0.576. The van der Waals surface area contributed by atoms with Crippen molar-refractivity contribution in [1.29, 1.82) is 0 Å². The quantitative estimate of drug-likeness (QED) is 0.0624. The van der Waals surface area contributed by atoms with E-state index >= 15 is 0 Å². The molecule has 0 aromatic rings. The van der Waals surface area contributed by atoms with Crippen LogP contribution in [-0.2, 0) is 14.3 Å². The van der Waals surface area contributed by atoms with Crippen molar-refractivity contribution in [3.8, 4) is 0 Å². The summed E-state index contributed by atoms with van der Waals surface area (Å²) in [6.45, 7) is 4.07. The molecule has 7 heteroatoms. The molecule has 4 N–H and O–H groups in total.